The normalized spacial score (nSPS) is 12.7. The minimum atomic E-state index is -4.73. The van der Waals surface area contributed by atoms with E-state index in [0.717, 1.165) is 36.4 Å². The third kappa shape index (κ3) is 5.89. The van der Waals surface area contributed by atoms with Crippen LogP contribution in [0.25, 0.3) is 0 Å². The SMILES string of the molecule is [2H]C([2H])([2H])NC(=O)c1cc(Oc2ccc(NC(=O)Nc3cccc(C(F)(F)F)c3Cl)c(F)c2)ccn1. The van der Waals surface area contributed by atoms with Crippen molar-refractivity contribution in [3.8, 4) is 11.5 Å². The van der Waals surface area contributed by atoms with Crippen molar-refractivity contribution in [1.29, 1.82) is 0 Å². The van der Waals surface area contributed by atoms with Gasteiger partial charge in [0.15, 0.2) is 0 Å². The molecule has 0 aliphatic rings. The molecule has 0 radical (unpaired) electrons. The van der Waals surface area contributed by atoms with Crippen LogP contribution in [0.3, 0.4) is 0 Å². The van der Waals surface area contributed by atoms with E-state index in [1.165, 1.54) is 18.3 Å². The maximum atomic E-state index is 14.5. The highest BCUT2D eigenvalue weighted by molar-refractivity contribution is 6.34. The zero-order valence-electron chi connectivity index (χ0n) is 19.3. The number of hydrogen-bond acceptors (Lipinski definition) is 4. The van der Waals surface area contributed by atoms with Gasteiger partial charge in [-0.3, -0.25) is 9.78 Å². The van der Waals surface area contributed by atoms with E-state index >= 15 is 0 Å². The molecule has 0 fully saturated rings. The van der Waals surface area contributed by atoms with E-state index in [0.29, 0.717) is 0 Å². The summed E-state index contributed by atoms with van der Waals surface area (Å²) in [6, 6.07) is 7.65. The molecule has 0 spiro atoms. The number of anilines is 2. The second-order valence-electron chi connectivity index (χ2n) is 6.32. The number of alkyl halides is 3. The van der Waals surface area contributed by atoms with Crippen molar-refractivity contribution in [2.45, 2.75) is 6.18 Å². The number of halogens is 5. The van der Waals surface area contributed by atoms with E-state index < -0.39 is 41.5 Å². The standard InChI is InChI=1S/C21H15ClF4N4O3/c1-27-19(31)17-10-12(7-8-28-17)33-11-5-6-15(14(23)9-11)29-20(32)30-16-4-2-3-13(18(16)22)21(24,25)26/h2-10H,1H3,(H,27,31)(H2,29,30,32)/i1D3. The zero-order valence-corrected chi connectivity index (χ0v) is 17.0. The van der Waals surface area contributed by atoms with Gasteiger partial charge in [0, 0.05) is 29.4 Å². The highest BCUT2D eigenvalue weighted by Crippen LogP contribution is 2.38. The van der Waals surface area contributed by atoms with Gasteiger partial charge < -0.3 is 20.7 Å². The molecule has 3 N–H and O–H groups in total. The molecule has 12 heteroatoms. The van der Waals surface area contributed by atoms with Crippen LogP contribution < -0.4 is 20.7 Å². The first kappa shape index (κ1) is 19.8. The molecule has 3 aromatic rings. The molecule has 1 heterocycles. The fourth-order valence-corrected chi connectivity index (χ4v) is 2.86. The van der Waals surface area contributed by atoms with Gasteiger partial charge in [0.2, 0.25) is 0 Å². The van der Waals surface area contributed by atoms with E-state index in [1.54, 1.807) is 5.32 Å². The van der Waals surface area contributed by atoms with E-state index in [1.807, 2.05) is 0 Å². The van der Waals surface area contributed by atoms with Crippen molar-refractivity contribution in [2.24, 2.45) is 0 Å². The molecule has 33 heavy (non-hydrogen) atoms. The van der Waals surface area contributed by atoms with Gasteiger partial charge in [-0.2, -0.15) is 13.2 Å². The first-order chi connectivity index (χ1) is 16.7. The molecule has 0 saturated heterocycles. The van der Waals surface area contributed by atoms with E-state index in [4.69, 9.17) is 20.5 Å². The summed E-state index contributed by atoms with van der Waals surface area (Å²) in [5.41, 5.74) is -2.06. The van der Waals surface area contributed by atoms with Crippen molar-refractivity contribution in [3.05, 3.63) is 76.8 Å². The Morgan fingerprint density at radius 1 is 1.06 bits per heavy atom. The molecular formula is C21H15ClF4N4O3. The molecule has 172 valence electrons. The minimum absolute atomic E-state index is 0.0396. The van der Waals surface area contributed by atoms with Crippen LogP contribution in [0.15, 0.2) is 54.7 Å². The Kier molecular flexibility index (Phi) is 5.84. The number of aromatic nitrogens is 1. The lowest BCUT2D eigenvalue weighted by Gasteiger charge is -2.14. The number of amides is 3. The molecule has 7 nitrogen and oxygen atoms in total. The van der Waals surface area contributed by atoms with Crippen molar-refractivity contribution in [2.75, 3.05) is 17.6 Å². The average molecular weight is 486 g/mol. The van der Waals surface area contributed by atoms with Gasteiger partial charge in [-0.15, -0.1) is 0 Å². The second-order valence-corrected chi connectivity index (χ2v) is 6.70. The molecule has 0 aliphatic heterocycles. The van der Waals surface area contributed by atoms with Crippen LogP contribution in [0.1, 0.15) is 20.2 Å². The number of benzene rings is 2. The lowest BCUT2D eigenvalue weighted by Crippen LogP contribution is -2.21. The number of pyridine rings is 1. The summed E-state index contributed by atoms with van der Waals surface area (Å²) >= 11 is 5.72. The van der Waals surface area contributed by atoms with E-state index in [9.17, 15) is 27.2 Å². The molecule has 0 bridgehead atoms. The van der Waals surface area contributed by atoms with Crippen LogP contribution in [-0.2, 0) is 6.18 Å². The fourth-order valence-electron chi connectivity index (χ4n) is 2.58. The van der Waals surface area contributed by atoms with Gasteiger partial charge in [0.05, 0.1) is 22.0 Å². The largest absolute Gasteiger partial charge is 0.457 e. The van der Waals surface area contributed by atoms with Crippen LogP contribution in [0.2, 0.25) is 5.02 Å². The van der Waals surface area contributed by atoms with Crippen LogP contribution >= 0.6 is 11.6 Å². The molecule has 3 amide bonds. The van der Waals surface area contributed by atoms with Crippen LogP contribution in [0, 0.1) is 5.82 Å². The molecule has 0 aliphatic carbocycles. The number of carbonyl (C=O) groups is 2. The topological polar surface area (TPSA) is 92.4 Å². The lowest BCUT2D eigenvalue weighted by atomic mass is 10.2. The summed E-state index contributed by atoms with van der Waals surface area (Å²) in [4.78, 5) is 27.9. The predicted molar refractivity (Wildman–Crippen MR) is 113 cm³/mol. The van der Waals surface area contributed by atoms with Crippen molar-refractivity contribution >= 4 is 34.9 Å². The van der Waals surface area contributed by atoms with Gasteiger partial charge >= 0.3 is 12.2 Å². The Morgan fingerprint density at radius 3 is 2.48 bits per heavy atom. The first-order valence-electron chi connectivity index (χ1n) is 10.4. The van der Waals surface area contributed by atoms with Crippen molar-refractivity contribution < 1.29 is 36.0 Å². The number of urea groups is 1. The quantitative estimate of drug-likeness (QED) is 0.405. The van der Waals surface area contributed by atoms with Gasteiger partial charge in [0.1, 0.15) is 23.0 Å². The molecule has 0 atom stereocenters. The molecule has 3 rings (SSSR count). The summed E-state index contributed by atoms with van der Waals surface area (Å²) < 4.78 is 80.0. The Balaban J connectivity index is 1.68. The highest BCUT2D eigenvalue weighted by Gasteiger charge is 2.34. The second kappa shape index (κ2) is 9.74. The zero-order chi connectivity index (χ0) is 26.7. The van der Waals surface area contributed by atoms with Gasteiger partial charge in [-0.25, -0.2) is 9.18 Å². The summed E-state index contributed by atoms with van der Waals surface area (Å²) in [7, 11) is 0. The fraction of sp³-hybridized carbons (Fsp3) is 0.0952. The van der Waals surface area contributed by atoms with Gasteiger partial charge in [0.25, 0.3) is 5.91 Å². The van der Waals surface area contributed by atoms with E-state index in [2.05, 4.69) is 15.6 Å². The third-order valence-electron chi connectivity index (χ3n) is 4.05. The van der Waals surface area contributed by atoms with Gasteiger partial charge in [-0.1, -0.05) is 17.7 Å². The summed E-state index contributed by atoms with van der Waals surface area (Å²) in [5.74, 6) is -1.93. The number of rotatable bonds is 5. The van der Waals surface area contributed by atoms with Crippen LogP contribution in [0.4, 0.5) is 33.7 Å². The summed E-state index contributed by atoms with van der Waals surface area (Å²) in [6.45, 7) is -2.72. The highest BCUT2D eigenvalue weighted by atomic mass is 35.5. The molecule has 2 aromatic carbocycles. The lowest BCUT2D eigenvalue weighted by molar-refractivity contribution is -0.137. The molecule has 0 saturated carbocycles. The monoisotopic (exact) mass is 485 g/mol. The summed E-state index contributed by atoms with van der Waals surface area (Å²) in [5, 5.41) is 5.30. The van der Waals surface area contributed by atoms with Gasteiger partial charge in [-0.05, 0) is 30.3 Å². The van der Waals surface area contributed by atoms with Crippen molar-refractivity contribution in [3.63, 3.8) is 0 Å². The molecule has 0 unspecified atom stereocenters. The maximum absolute atomic E-state index is 14.5. The van der Waals surface area contributed by atoms with Crippen molar-refractivity contribution in [1.82, 2.24) is 10.3 Å². The first-order valence-corrected chi connectivity index (χ1v) is 9.30. The van der Waals surface area contributed by atoms with Crippen LogP contribution in [-0.4, -0.2) is 23.9 Å². The number of carbonyl (C=O) groups excluding carboxylic acids is 2. The summed E-state index contributed by atoms with van der Waals surface area (Å²) in [6.07, 6.45) is -3.55. The molecule has 1 aromatic heterocycles. The predicted octanol–water partition coefficient (Wildman–Crippen LogP) is 5.69. The Bertz CT molecular complexity index is 1310. The molecular weight excluding hydrogens is 468 g/mol. The maximum Gasteiger partial charge on any atom is 0.417 e. The third-order valence-corrected chi connectivity index (χ3v) is 4.46. The smallest absolute Gasteiger partial charge is 0.417 e. The number of ether oxygens (including phenoxy) is 1. The number of nitrogens with zero attached hydrogens (tertiary/aromatic N) is 1. The number of hydrogen-bond donors (Lipinski definition) is 3. The Hall–Kier alpha value is -3.86. The van der Waals surface area contributed by atoms with E-state index in [-0.39, 0.29) is 28.6 Å². The Morgan fingerprint density at radius 2 is 1.79 bits per heavy atom. The average Bonchev–Trinajstić information content (AvgIpc) is 2.75. The van der Waals surface area contributed by atoms with Crippen LogP contribution in [0.5, 0.6) is 11.5 Å². The Labute approximate surface area is 193 Å². The minimum Gasteiger partial charge on any atom is -0.457 e. The number of nitrogens with one attached hydrogen (secondary N) is 3.